The van der Waals surface area contributed by atoms with Gasteiger partial charge in [-0.1, -0.05) is 103 Å². The summed E-state index contributed by atoms with van der Waals surface area (Å²) < 4.78 is 6.59. The highest BCUT2D eigenvalue weighted by Gasteiger charge is 2.43. The summed E-state index contributed by atoms with van der Waals surface area (Å²) in [5.41, 5.74) is 5.86. The molecule has 1 fully saturated rings. The molecule has 1 aliphatic heterocycles. The van der Waals surface area contributed by atoms with Gasteiger partial charge in [0.05, 0.1) is 6.61 Å². The van der Waals surface area contributed by atoms with Gasteiger partial charge in [-0.15, -0.1) is 0 Å². The van der Waals surface area contributed by atoms with Gasteiger partial charge in [-0.25, -0.2) is 4.79 Å². The average Bonchev–Trinajstić information content (AvgIpc) is 3.13. The lowest BCUT2D eigenvalue weighted by Gasteiger charge is -2.18. The molecule has 8 nitrogen and oxygen atoms in total. The maximum absolute atomic E-state index is 12.3. The Bertz CT molecular complexity index is 757. The van der Waals surface area contributed by atoms with Gasteiger partial charge in [-0.05, 0) is 12.8 Å². The van der Waals surface area contributed by atoms with Crippen molar-refractivity contribution in [1.29, 1.82) is 0 Å². The predicted octanol–water partition coefficient (Wildman–Crippen LogP) is 4.25. The molecule has 0 bridgehead atoms. The Morgan fingerprint density at radius 1 is 0.914 bits per heavy atom. The Kier molecular flexibility index (Phi) is 14.5. The van der Waals surface area contributed by atoms with Gasteiger partial charge in [0.2, 0.25) is 0 Å². The normalized spacial score (nSPS) is 22.2. The molecule has 0 saturated carbocycles. The van der Waals surface area contributed by atoms with E-state index in [-0.39, 0.29) is 5.82 Å². The molecule has 1 aromatic heterocycles. The number of aliphatic hydroxyl groups excluding tert-OH is 3. The van der Waals surface area contributed by atoms with Gasteiger partial charge < -0.3 is 25.8 Å². The monoisotopic (exact) mass is 494 g/mol. The SMILES string of the molecule is CCCCCCCCCCCCCCCCC[CH]c1cn([C@@H]2O[C@H](CO)[C@@H](O)[C@@H]2O)c(=O)nc1N. The summed E-state index contributed by atoms with van der Waals surface area (Å²) in [4.78, 5) is 16.1. The van der Waals surface area contributed by atoms with Gasteiger partial charge in [0.1, 0.15) is 24.1 Å². The highest BCUT2D eigenvalue weighted by Crippen LogP contribution is 2.29. The van der Waals surface area contributed by atoms with Crippen LogP contribution in [-0.4, -0.2) is 49.8 Å². The lowest BCUT2D eigenvalue weighted by atomic mass is 10.0. The minimum Gasteiger partial charge on any atom is -0.394 e. The molecule has 1 aliphatic rings. The molecule has 5 N–H and O–H groups in total. The Morgan fingerprint density at radius 2 is 1.43 bits per heavy atom. The number of nitrogens with two attached hydrogens (primary N) is 1. The summed E-state index contributed by atoms with van der Waals surface area (Å²) in [6.07, 6.45) is 19.4. The van der Waals surface area contributed by atoms with Gasteiger partial charge in [-0.3, -0.25) is 4.57 Å². The lowest BCUT2D eigenvalue weighted by molar-refractivity contribution is -0.0550. The lowest BCUT2D eigenvalue weighted by Crippen LogP contribution is -2.36. The molecule has 0 unspecified atom stereocenters. The highest BCUT2D eigenvalue weighted by molar-refractivity contribution is 5.41. The van der Waals surface area contributed by atoms with Gasteiger partial charge in [0.25, 0.3) is 0 Å². The van der Waals surface area contributed by atoms with E-state index in [9.17, 15) is 20.1 Å². The zero-order valence-corrected chi connectivity index (χ0v) is 21.6. The van der Waals surface area contributed by atoms with E-state index in [2.05, 4.69) is 11.9 Å². The minimum absolute atomic E-state index is 0.138. The van der Waals surface area contributed by atoms with Gasteiger partial charge in [0.15, 0.2) is 6.23 Å². The van der Waals surface area contributed by atoms with Crippen LogP contribution in [0.1, 0.15) is 121 Å². The second-order valence-electron chi connectivity index (χ2n) is 9.94. The molecule has 4 atom stereocenters. The third kappa shape index (κ3) is 10.2. The van der Waals surface area contributed by atoms with Gasteiger partial charge in [-0.2, -0.15) is 4.98 Å². The molecule has 2 heterocycles. The van der Waals surface area contributed by atoms with Crippen LogP contribution in [0.5, 0.6) is 0 Å². The molecule has 0 amide bonds. The van der Waals surface area contributed by atoms with Crippen molar-refractivity contribution in [3.63, 3.8) is 0 Å². The Labute approximate surface area is 210 Å². The van der Waals surface area contributed by atoms with Crippen LogP contribution < -0.4 is 11.4 Å². The number of hydrogen-bond donors (Lipinski definition) is 4. The molecule has 201 valence electrons. The summed E-state index contributed by atoms with van der Waals surface area (Å²) in [7, 11) is 0. The van der Waals surface area contributed by atoms with Crippen LogP contribution in [0.15, 0.2) is 11.0 Å². The zero-order chi connectivity index (χ0) is 25.5. The summed E-state index contributed by atoms with van der Waals surface area (Å²) in [5, 5.41) is 29.4. The van der Waals surface area contributed by atoms with E-state index in [1.165, 1.54) is 89.7 Å². The largest absolute Gasteiger partial charge is 0.394 e. The summed E-state index contributed by atoms with van der Waals surface area (Å²) >= 11 is 0. The minimum atomic E-state index is -1.33. The van der Waals surface area contributed by atoms with Crippen LogP contribution in [0.25, 0.3) is 0 Å². The first-order chi connectivity index (χ1) is 17.0. The van der Waals surface area contributed by atoms with E-state index >= 15 is 0 Å². The fourth-order valence-corrected chi connectivity index (χ4v) is 4.72. The molecule has 1 radical (unpaired) electrons. The molecule has 8 heteroatoms. The predicted molar refractivity (Wildman–Crippen MR) is 139 cm³/mol. The molecule has 0 spiro atoms. The number of rotatable bonds is 19. The second kappa shape index (κ2) is 17.1. The van der Waals surface area contributed by atoms with E-state index in [0.717, 1.165) is 23.8 Å². The number of aliphatic hydroxyl groups is 3. The standard InChI is InChI=1S/C27H48N3O5/c1-2-3-4-5-6-7-8-9-10-11-12-13-14-15-16-17-18-21-19-30(27(34)29-25(21)28)26-24(33)23(32)22(20-31)35-26/h18-19,22-24,26,31-33H,2-17,20H2,1H3,(H2,28,29,34)/t22-,23-,24+,26-/m1/s1. The van der Waals surface area contributed by atoms with Crippen LogP contribution in [0, 0.1) is 6.42 Å². The van der Waals surface area contributed by atoms with Crippen LogP contribution in [0.2, 0.25) is 0 Å². The number of nitrogen functional groups attached to an aromatic ring is 1. The molecular weight excluding hydrogens is 446 g/mol. The van der Waals surface area contributed by atoms with Crippen molar-refractivity contribution in [2.75, 3.05) is 12.3 Å². The van der Waals surface area contributed by atoms with E-state index in [4.69, 9.17) is 10.5 Å². The number of hydrogen-bond acceptors (Lipinski definition) is 7. The third-order valence-electron chi connectivity index (χ3n) is 6.97. The summed E-state index contributed by atoms with van der Waals surface area (Å²) in [5.74, 6) is 0.138. The molecule has 0 aliphatic carbocycles. The van der Waals surface area contributed by atoms with E-state index < -0.39 is 36.8 Å². The van der Waals surface area contributed by atoms with Crippen LogP contribution in [0.3, 0.4) is 0 Å². The van der Waals surface area contributed by atoms with Crippen molar-refractivity contribution >= 4 is 5.82 Å². The first-order valence-corrected chi connectivity index (χ1v) is 13.8. The molecule has 2 rings (SSSR count). The zero-order valence-electron chi connectivity index (χ0n) is 21.6. The van der Waals surface area contributed by atoms with Crippen molar-refractivity contribution in [2.24, 2.45) is 0 Å². The number of ether oxygens (including phenoxy) is 1. The van der Waals surface area contributed by atoms with Gasteiger partial charge in [0, 0.05) is 11.8 Å². The van der Waals surface area contributed by atoms with Crippen LogP contribution in [-0.2, 0) is 4.74 Å². The van der Waals surface area contributed by atoms with Crippen LogP contribution >= 0.6 is 0 Å². The number of nitrogens with zero attached hydrogens (tertiary/aromatic N) is 2. The van der Waals surface area contributed by atoms with E-state index in [1.807, 2.05) is 6.42 Å². The van der Waals surface area contributed by atoms with Crippen molar-refractivity contribution < 1.29 is 20.1 Å². The maximum Gasteiger partial charge on any atom is 0.351 e. The first-order valence-electron chi connectivity index (χ1n) is 13.8. The Morgan fingerprint density at radius 3 is 1.91 bits per heavy atom. The molecule has 35 heavy (non-hydrogen) atoms. The third-order valence-corrected chi connectivity index (χ3v) is 6.97. The van der Waals surface area contributed by atoms with Gasteiger partial charge >= 0.3 is 5.69 Å². The van der Waals surface area contributed by atoms with Crippen molar-refractivity contribution in [2.45, 2.75) is 134 Å². The topological polar surface area (TPSA) is 131 Å². The number of aromatic nitrogens is 2. The van der Waals surface area contributed by atoms with E-state index in [0.29, 0.717) is 5.56 Å². The maximum atomic E-state index is 12.3. The van der Waals surface area contributed by atoms with Crippen molar-refractivity contribution in [1.82, 2.24) is 9.55 Å². The fraction of sp³-hybridized carbons (Fsp3) is 0.815. The molecular formula is C27H48N3O5. The Hall–Kier alpha value is -1.48. The molecule has 1 aromatic rings. The number of unbranched alkanes of at least 4 members (excludes halogenated alkanes) is 15. The smallest absolute Gasteiger partial charge is 0.351 e. The highest BCUT2D eigenvalue weighted by atomic mass is 16.6. The average molecular weight is 495 g/mol. The van der Waals surface area contributed by atoms with E-state index in [1.54, 1.807) is 0 Å². The fourth-order valence-electron chi connectivity index (χ4n) is 4.72. The molecule has 1 saturated heterocycles. The van der Waals surface area contributed by atoms with Crippen molar-refractivity contribution in [3.05, 3.63) is 28.7 Å². The summed E-state index contributed by atoms with van der Waals surface area (Å²) in [6.45, 7) is 1.81. The number of anilines is 1. The Balaban J connectivity index is 1.57. The quantitative estimate of drug-likeness (QED) is 0.211. The van der Waals surface area contributed by atoms with Crippen LogP contribution in [0.4, 0.5) is 5.82 Å². The van der Waals surface area contributed by atoms with Crippen molar-refractivity contribution in [3.8, 4) is 0 Å². The second-order valence-corrected chi connectivity index (χ2v) is 9.94. The first kappa shape index (κ1) is 29.7. The summed E-state index contributed by atoms with van der Waals surface area (Å²) in [6, 6.07) is 0. The molecule has 0 aromatic carbocycles.